The van der Waals surface area contributed by atoms with Crippen LogP contribution >= 0.6 is 11.6 Å². The van der Waals surface area contributed by atoms with E-state index < -0.39 is 38.5 Å². The summed E-state index contributed by atoms with van der Waals surface area (Å²) in [6, 6.07) is 11.8. The average Bonchev–Trinajstić information content (AvgIpc) is 2.82. The predicted molar refractivity (Wildman–Crippen MR) is 127 cm³/mol. The van der Waals surface area contributed by atoms with Crippen molar-refractivity contribution in [3.63, 3.8) is 0 Å². The Morgan fingerprint density at radius 1 is 1.03 bits per heavy atom. The summed E-state index contributed by atoms with van der Waals surface area (Å²) in [6.45, 7) is 0.0307. The van der Waals surface area contributed by atoms with E-state index >= 15 is 0 Å². The molecule has 3 aromatic carbocycles. The van der Waals surface area contributed by atoms with Gasteiger partial charge < -0.3 is 10.4 Å². The van der Waals surface area contributed by atoms with Crippen molar-refractivity contribution in [2.75, 3.05) is 16.2 Å². The van der Waals surface area contributed by atoms with E-state index in [9.17, 15) is 31.2 Å². The normalized spacial score (nSPS) is 13.7. The van der Waals surface area contributed by atoms with Gasteiger partial charge in [-0.05, 0) is 66.9 Å². The topological polar surface area (TPSA) is 104 Å². The summed E-state index contributed by atoms with van der Waals surface area (Å²) < 4.78 is 67.1. The molecule has 0 unspecified atom stereocenters. The third-order valence-corrected chi connectivity index (χ3v) is 7.75. The number of nitrogens with zero attached hydrogens (tertiary/aromatic N) is 1. The number of hydrogen-bond acceptors (Lipinski definition) is 4. The minimum absolute atomic E-state index is 0.0307. The number of alkyl halides is 3. The van der Waals surface area contributed by atoms with E-state index in [1.807, 2.05) is 0 Å². The van der Waals surface area contributed by atoms with E-state index in [1.54, 1.807) is 6.07 Å². The summed E-state index contributed by atoms with van der Waals surface area (Å²) in [5.74, 6) is -1.84. The number of benzene rings is 3. The lowest BCUT2D eigenvalue weighted by atomic mass is 10.0. The van der Waals surface area contributed by atoms with Crippen molar-refractivity contribution >= 4 is 44.9 Å². The third kappa shape index (κ3) is 5.02. The lowest BCUT2D eigenvalue weighted by Crippen LogP contribution is -2.36. The number of anilines is 2. The fraction of sp³-hybridized carbons (Fsp3) is 0.167. The number of nitrogens with one attached hydrogen (secondary N) is 1. The van der Waals surface area contributed by atoms with Crippen molar-refractivity contribution in [1.29, 1.82) is 0 Å². The first-order valence-electron chi connectivity index (χ1n) is 10.5. The van der Waals surface area contributed by atoms with Crippen LogP contribution in [0.25, 0.3) is 0 Å². The van der Waals surface area contributed by atoms with E-state index in [2.05, 4.69) is 5.32 Å². The Bertz CT molecular complexity index is 1470. The van der Waals surface area contributed by atoms with Gasteiger partial charge in [0.1, 0.15) is 0 Å². The molecule has 188 valence electrons. The van der Waals surface area contributed by atoms with Gasteiger partial charge in [-0.1, -0.05) is 23.7 Å². The van der Waals surface area contributed by atoms with Gasteiger partial charge in [-0.15, -0.1) is 0 Å². The Labute approximate surface area is 209 Å². The van der Waals surface area contributed by atoms with E-state index in [0.29, 0.717) is 24.5 Å². The Hall–Kier alpha value is -3.57. The molecule has 7 nitrogen and oxygen atoms in total. The van der Waals surface area contributed by atoms with Crippen LogP contribution in [0, 0.1) is 0 Å². The quantitative estimate of drug-likeness (QED) is 0.449. The maximum atomic E-state index is 13.3. The van der Waals surface area contributed by atoms with Crippen LogP contribution in [-0.2, 0) is 22.6 Å². The number of aryl methyl sites for hydroxylation is 1. The zero-order valence-electron chi connectivity index (χ0n) is 18.3. The number of hydrogen-bond donors (Lipinski definition) is 2. The van der Waals surface area contributed by atoms with E-state index in [0.717, 1.165) is 22.5 Å². The number of carbonyl (C=O) groups is 2. The number of halogens is 4. The summed E-state index contributed by atoms with van der Waals surface area (Å²) in [4.78, 5) is 23.5. The summed E-state index contributed by atoms with van der Waals surface area (Å²) in [6.07, 6.45) is -3.73. The van der Waals surface area contributed by atoms with Crippen LogP contribution in [0.2, 0.25) is 5.02 Å². The molecule has 0 atom stereocenters. The number of rotatable bonds is 5. The van der Waals surface area contributed by atoms with E-state index in [-0.39, 0.29) is 34.1 Å². The standard InChI is InChI=1S/C24H18ClF3N2O5S/c25-20-13-17(8-9-19(20)23(32)33)29-22(31)15-7-6-14-3-2-10-30(21(14)11-15)36(34,35)18-5-1-4-16(12-18)24(26,27)28/h1,4-9,11-13H,2-3,10H2,(H,29,31)(H,32,33). The summed E-state index contributed by atoms with van der Waals surface area (Å²) in [7, 11) is -4.35. The third-order valence-electron chi connectivity index (χ3n) is 5.63. The molecule has 0 fully saturated rings. The Morgan fingerprint density at radius 3 is 2.44 bits per heavy atom. The molecule has 2 N–H and O–H groups in total. The van der Waals surface area contributed by atoms with Crippen LogP contribution < -0.4 is 9.62 Å². The summed E-state index contributed by atoms with van der Waals surface area (Å²) in [5, 5.41) is 11.6. The first-order chi connectivity index (χ1) is 16.9. The van der Waals surface area contributed by atoms with Crippen molar-refractivity contribution < 1.29 is 36.3 Å². The second kappa shape index (κ2) is 9.47. The molecule has 1 aliphatic rings. The molecule has 0 aromatic heterocycles. The second-order valence-electron chi connectivity index (χ2n) is 8.00. The number of sulfonamides is 1. The van der Waals surface area contributed by atoms with Gasteiger partial charge in [-0.25, -0.2) is 13.2 Å². The summed E-state index contributed by atoms with van der Waals surface area (Å²) >= 11 is 5.94. The highest BCUT2D eigenvalue weighted by Crippen LogP contribution is 2.35. The van der Waals surface area contributed by atoms with Crippen molar-refractivity contribution in [2.45, 2.75) is 23.9 Å². The summed E-state index contributed by atoms with van der Waals surface area (Å²) in [5.41, 5.74) is -0.0762. The van der Waals surface area contributed by atoms with E-state index in [4.69, 9.17) is 16.7 Å². The van der Waals surface area contributed by atoms with Gasteiger partial charge in [0.05, 0.1) is 26.7 Å². The zero-order valence-corrected chi connectivity index (χ0v) is 19.9. The average molecular weight is 539 g/mol. The first-order valence-corrected chi connectivity index (χ1v) is 12.4. The van der Waals surface area contributed by atoms with Crippen LogP contribution in [0.15, 0.2) is 65.6 Å². The highest BCUT2D eigenvalue weighted by Gasteiger charge is 2.34. The molecule has 0 radical (unpaired) electrons. The van der Waals surface area contributed by atoms with Crippen molar-refractivity contribution in [3.05, 3.63) is 87.9 Å². The minimum Gasteiger partial charge on any atom is -0.478 e. The highest BCUT2D eigenvalue weighted by molar-refractivity contribution is 7.92. The SMILES string of the molecule is O=C(Nc1ccc(C(=O)O)c(Cl)c1)c1ccc2c(c1)N(S(=O)(=O)c1cccc(C(F)(F)F)c1)CCC2. The van der Waals surface area contributed by atoms with Crippen LogP contribution in [0.1, 0.15) is 38.3 Å². The number of carboxylic acids is 1. The Balaban J connectivity index is 1.66. The van der Waals surface area contributed by atoms with Crippen LogP contribution in [-0.4, -0.2) is 31.9 Å². The molecule has 0 spiro atoms. The molecule has 12 heteroatoms. The maximum absolute atomic E-state index is 13.3. The number of carboxylic acid groups (broad SMARTS) is 1. The molecule has 1 aliphatic heterocycles. The molecular formula is C24H18ClF3N2O5S. The fourth-order valence-corrected chi connectivity index (χ4v) is 5.70. The van der Waals surface area contributed by atoms with Crippen LogP contribution in [0.3, 0.4) is 0 Å². The number of fused-ring (bicyclic) bond motifs is 1. The second-order valence-corrected chi connectivity index (χ2v) is 10.3. The van der Waals surface area contributed by atoms with Gasteiger partial charge in [-0.2, -0.15) is 13.2 Å². The van der Waals surface area contributed by atoms with Gasteiger partial charge in [-0.3, -0.25) is 9.10 Å². The van der Waals surface area contributed by atoms with Crippen molar-refractivity contribution in [2.24, 2.45) is 0 Å². The molecule has 4 rings (SSSR count). The van der Waals surface area contributed by atoms with Crippen LogP contribution in [0.5, 0.6) is 0 Å². The largest absolute Gasteiger partial charge is 0.478 e. The van der Waals surface area contributed by atoms with Gasteiger partial charge in [0, 0.05) is 17.8 Å². The molecule has 0 bridgehead atoms. The lowest BCUT2D eigenvalue weighted by molar-refractivity contribution is -0.137. The number of amides is 1. The van der Waals surface area contributed by atoms with Gasteiger partial charge in [0.15, 0.2) is 0 Å². The molecule has 0 saturated carbocycles. The Morgan fingerprint density at radius 2 is 1.78 bits per heavy atom. The maximum Gasteiger partial charge on any atom is 0.416 e. The first kappa shape index (κ1) is 25.5. The van der Waals surface area contributed by atoms with Gasteiger partial charge in [0.25, 0.3) is 15.9 Å². The fourth-order valence-electron chi connectivity index (χ4n) is 3.86. The van der Waals surface area contributed by atoms with Crippen molar-refractivity contribution in [1.82, 2.24) is 0 Å². The molecular weight excluding hydrogens is 521 g/mol. The Kier molecular flexibility index (Phi) is 6.72. The zero-order chi connectivity index (χ0) is 26.3. The van der Waals surface area contributed by atoms with E-state index in [1.165, 1.54) is 30.3 Å². The molecule has 0 aliphatic carbocycles. The molecule has 36 heavy (non-hydrogen) atoms. The van der Waals surface area contributed by atoms with Crippen LogP contribution in [0.4, 0.5) is 24.5 Å². The van der Waals surface area contributed by atoms with Gasteiger partial charge >= 0.3 is 12.1 Å². The number of aromatic carboxylic acids is 1. The number of carbonyl (C=O) groups excluding carboxylic acids is 1. The molecule has 3 aromatic rings. The van der Waals surface area contributed by atoms with Crippen molar-refractivity contribution in [3.8, 4) is 0 Å². The monoisotopic (exact) mass is 538 g/mol. The predicted octanol–water partition coefficient (Wildman–Crippen LogP) is 5.45. The molecule has 1 amide bonds. The highest BCUT2D eigenvalue weighted by atomic mass is 35.5. The van der Waals surface area contributed by atoms with Gasteiger partial charge in [0.2, 0.25) is 0 Å². The minimum atomic E-state index is -4.71. The molecule has 1 heterocycles. The molecule has 0 saturated heterocycles. The smallest absolute Gasteiger partial charge is 0.416 e. The lowest BCUT2D eigenvalue weighted by Gasteiger charge is -2.31.